The van der Waals surface area contributed by atoms with Crippen molar-refractivity contribution in [2.45, 2.75) is 123 Å². The number of nitrogens with zero attached hydrogens (tertiary/aromatic N) is 1. The standard InChI is InChI=1S/C25H45NO3/c1-4-5-6-7-8-9-10-11-12-13-14-15-16-18-23(29-25(28)22(2)3)21-26-20-17-19-24(26)27/h23H,2,4-21H2,1,3H3. The quantitative estimate of drug-likeness (QED) is 0.146. The van der Waals surface area contributed by atoms with Crippen LogP contribution in [0.25, 0.3) is 0 Å². The molecule has 0 saturated carbocycles. The van der Waals surface area contributed by atoms with E-state index in [0.717, 1.165) is 25.8 Å². The van der Waals surface area contributed by atoms with Crippen LogP contribution in [0.3, 0.4) is 0 Å². The van der Waals surface area contributed by atoms with Crippen LogP contribution in [-0.4, -0.2) is 36.0 Å². The summed E-state index contributed by atoms with van der Waals surface area (Å²) < 4.78 is 5.60. The molecule has 0 aliphatic carbocycles. The van der Waals surface area contributed by atoms with Crippen LogP contribution in [0, 0.1) is 0 Å². The summed E-state index contributed by atoms with van der Waals surface area (Å²) in [5.74, 6) is -0.150. The molecule has 0 aromatic rings. The second-order valence-corrected chi connectivity index (χ2v) is 8.78. The second kappa shape index (κ2) is 16.5. The molecule has 168 valence electrons. The lowest BCUT2D eigenvalue weighted by Crippen LogP contribution is -2.36. The number of carbonyl (C=O) groups is 2. The fourth-order valence-electron chi connectivity index (χ4n) is 3.97. The van der Waals surface area contributed by atoms with Crippen molar-refractivity contribution in [2.75, 3.05) is 13.1 Å². The van der Waals surface area contributed by atoms with E-state index in [0.29, 0.717) is 18.5 Å². The topological polar surface area (TPSA) is 46.6 Å². The van der Waals surface area contributed by atoms with Crippen LogP contribution in [-0.2, 0) is 14.3 Å². The van der Waals surface area contributed by atoms with E-state index in [1.165, 1.54) is 77.0 Å². The molecule has 1 unspecified atom stereocenters. The SMILES string of the molecule is C=C(C)C(=O)OC(CCCCCCCCCCCCCCC)CN1CCCC1=O. The predicted molar refractivity (Wildman–Crippen MR) is 121 cm³/mol. The minimum atomic E-state index is -0.337. The Morgan fingerprint density at radius 1 is 0.966 bits per heavy atom. The van der Waals surface area contributed by atoms with Crippen LogP contribution in [0.15, 0.2) is 12.2 Å². The van der Waals surface area contributed by atoms with E-state index in [4.69, 9.17) is 4.74 Å². The number of hydrogen-bond acceptors (Lipinski definition) is 3. The highest BCUT2D eigenvalue weighted by molar-refractivity contribution is 5.87. The average molecular weight is 408 g/mol. The lowest BCUT2D eigenvalue weighted by Gasteiger charge is -2.24. The molecule has 4 heteroatoms. The van der Waals surface area contributed by atoms with Gasteiger partial charge in [0.15, 0.2) is 0 Å². The van der Waals surface area contributed by atoms with Gasteiger partial charge in [0.1, 0.15) is 6.10 Å². The number of ether oxygens (including phenoxy) is 1. The predicted octanol–water partition coefficient (Wildman–Crippen LogP) is 6.58. The van der Waals surface area contributed by atoms with Crippen molar-refractivity contribution < 1.29 is 14.3 Å². The monoisotopic (exact) mass is 407 g/mol. The maximum Gasteiger partial charge on any atom is 0.333 e. The van der Waals surface area contributed by atoms with Gasteiger partial charge in [-0.25, -0.2) is 4.79 Å². The van der Waals surface area contributed by atoms with Crippen LogP contribution >= 0.6 is 0 Å². The fraction of sp³-hybridized carbons (Fsp3) is 0.840. The zero-order valence-corrected chi connectivity index (χ0v) is 19.2. The highest BCUT2D eigenvalue weighted by Gasteiger charge is 2.25. The third-order valence-corrected chi connectivity index (χ3v) is 5.85. The summed E-state index contributed by atoms with van der Waals surface area (Å²) in [4.78, 5) is 25.6. The summed E-state index contributed by atoms with van der Waals surface area (Å²) >= 11 is 0. The van der Waals surface area contributed by atoms with Crippen molar-refractivity contribution in [3.63, 3.8) is 0 Å². The molecular formula is C25H45NO3. The van der Waals surface area contributed by atoms with Gasteiger partial charge in [0.2, 0.25) is 5.91 Å². The van der Waals surface area contributed by atoms with E-state index < -0.39 is 0 Å². The molecule has 0 N–H and O–H groups in total. The molecule has 1 fully saturated rings. The first-order valence-corrected chi connectivity index (χ1v) is 12.2. The molecule has 1 amide bonds. The van der Waals surface area contributed by atoms with Crippen molar-refractivity contribution >= 4 is 11.9 Å². The highest BCUT2D eigenvalue weighted by atomic mass is 16.5. The molecule has 0 radical (unpaired) electrons. The largest absolute Gasteiger partial charge is 0.457 e. The van der Waals surface area contributed by atoms with Gasteiger partial charge < -0.3 is 9.64 Å². The molecule has 1 atom stereocenters. The maximum absolute atomic E-state index is 11.9. The smallest absolute Gasteiger partial charge is 0.333 e. The Labute approximate surface area is 179 Å². The molecule has 0 spiro atoms. The average Bonchev–Trinajstić information content (AvgIpc) is 3.09. The van der Waals surface area contributed by atoms with Gasteiger partial charge in [0.05, 0.1) is 6.54 Å². The number of likely N-dealkylation sites (tertiary alicyclic amines) is 1. The molecule has 4 nitrogen and oxygen atoms in total. The van der Waals surface area contributed by atoms with Gasteiger partial charge in [0.25, 0.3) is 0 Å². The first-order chi connectivity index (χ1) is 14.0. The van der Waals surface area contributed by atoms with Gasteiger partial charge >= 0.3 is 5.97 Å². The number of amides is 1. The summed E-state index contributed by atoms with van der Waals surface area (Å²) in [5, 5.41) is 0. The van der Waals surface area contributed by atoms with Gasteiger partial charge in [-0.15, -0.1) is 0 Å². The van der Waals surface area contributed by atoms with E-state index in [1.807, 2.05) is 4.90 Å². The molecule has 1 aliphatic heterocycles. The van der Waals surface area contributed by atoms with Gasteiger partial charge in [-0.1, -0.05) is 90.6 Å². The maximum atomic E-state index is 11.9. The number of rotatable bonds is 18. The Morgan fingerprint density at radius 3 is 1.93 bits per heavy atom. The van der Waals surface area contributed by atoms with E-state index in [-0.39, 0.29) is 18.0 Å². The van der Waals surface area contributed by atoms with Gasteiger partial charge in [-0.05, 0) is 26.2 Å². The van der Waals surface area contributed by atoms with Crippen LogP contribution < -0.4 is 0 Å². The Kier molecular flexibility index (Phi) is 14.6. The summed E-state index contributed by atoms with van der Waals surface area (Å²) in [7, 11) is 0. The normalized spacial score (nSPS) is 15.0. The second-order valence-electron chi connectivity index (χ2n) is 8.78. The van der Waals surface area contributed by atoms with E-state index in [9.17, 15) is 9.59 Å². The van der Waals surface area contributed by atoms with Crippen molar-refractivity contribution in [2.24, 2.45) is 0 Å². The minimum absolute atomic E-state index is 0.187. The van der Waals surface area contributed by atoms with Gasteiger partial charge in [-0.2, -0.15) is 0 Å². The number of hydrogen-bond donors (Lipinski definition) is 0. The van der Waals surface area contributed by atoms with E-state index in [2.05, 4.69) is 13.5 Å². The van der Waals surface area contributed by atoms with Crippen molar-refractivity contribution in [1.29, 1.82) is 0 Å². The van der Waals surface area contributed by atoms with Crippen molar-refractivity contribution in [3.05, 3.63) is 12.2 Å². The van der Waals surface area contributed by atoms with E-state index >= 15 is 0 Å². The van der Waals surface area contributed by atoms with Crippen LogP contribution in [0.5, 0.6) is 0 Å². The Bertz CT molecular complexity index is 475. The zero-order valence-electron chi connectivity index (χ0n) is 19.2. The molecule has 1 aliphatic rings. The fourth-order valence-corrected chi connectivity index (χ4v) is 3.97. The molecule has 29 heavy (non-hydrogen) atoms. The van der Waals surface area contributed by atoms with Crippen LogP contribution in [0.4, 0.5) is 0 Å². The molecule has 1 saturated heterocycles. The number of carbonyl (C=O) groups excluding carboxylic acids is 2. The summed E-state index contributed by atoms with van der Waals surface area (Å²) in [6.45, 7) is 8.94. The summed E-state index contributed by atoms with van der Waals surface area (Å²) in [6, 6.07) is 0. The summed E-state index contributed by atoms with van der Waals surface area (Å²) in [5.41, 5.74) is 0.424. The Balaban J connectivity index is 2.09. The minimum Gasteiger partial charge on any atom is -0.457 e. The third kappa shape index (κ3) is 12.8. The summed E-state index contributed by atoms with van der Waals surface area (Å²) in [6.07, 6.45) is 19.4. The number of esters is 1. The van der Waals surface area contributed by atoms with Gasteiger partial charge in [0, 0.05) is 18.5 Å². The van der Waals surface area contributed by atoms with Gasteiger partial charge in [-0.3, -0.25) is 4.79 Å². The molecular weight excluding hydrogens is 362 g/mol. The molecule has 0 aromatic carbocycles. The Morgan fingerprint density at radius 2 is 1.48 bits per heavy atom. The van der Waals surface area contributed by atoms with E-state index in [1.54, 1.807) is 6.92 Å². The lowest BCUT2D eigenvalue weighted by molar-refractivity contribution is -0.147. The first-order valence-electron chi connectivity index (χ1n) is 12.2. The zero-order chi connectivity index (χ0) is 21.3. The molecule has 1 rings (SSSR count). The molecule has 0 bridgehead atoms. The highest BCUT2D eigenvalue weighted by Crippen LogP contribution is 2.17. The van der Waals surface area contributed by atoms with Crippen molar-refractivity contribution in [1.82, 2.24) is 4.90 Å². The van der Waals surface area contributed by atoms with Crippen molar-refractivity contribution in [3.8, 4) is 0 Å². The Hall–Kier alpha value is -1.32. The number of unbranched alkanes of at least 4 members (excludes halogenated alkanes) is 12. The third-order valence-electron chi connectivity index (χ3n) is 5.85. The van der Waals surface area contributed by atoms with Crippen LogP contribution in [0.1, 0.15) is 117 Å². The molecule has 0 aromatic heterocycles. The van der Waals surface area contributed by atoms with Crippen LogP contribution in [0.2, 0.25) is 0 Å². The molecule has 1 heterocycles. The lowest BCUT2D eigenvalue weighted by atomic mass is 10.0. The first kappa shape index (κ1) is 25.7.